The van der Waals surface area contributed by atoms with Gasteiger partial charge in [-0.2, -0.15) is 0 Å². The molecule has 1 heteroatoms. The number of benzene rings is 3. The Morgan fingerprint density at radius 3 is 2.26 bits per heavy atom. The monoisotopic (exact) mass is 302 g/mol. The molecule has 1 nitrogen and oxygen atoms in total. The van der Waals surface area contributed by atoms with Crippen LogP contribution < -0.4 is 0 Å². The van der Waals surface area contributed by atoms with E-state index in [1.165, 1.54) is 46.0 Å². The Morgan fingerprint density at radius 1 is 0.826 bits per heavy atom. The van der Waals surface area contributed by atoms with Crippen LogP contribution in [0.1, 0.15) is 25.0 Å². The van der Waals surface area contributed by atoms with E-state index >= 15 is 0 Å². The Labute approximate surface area is 138 Å². The summed E-state index contributed by atoms with van der Waals surface area (Å²) in [5.41, 5.74) is 5.93. The zero-order valence-corrected chi connectivity index (χ0v) is 14.0. The summed E-state index contributed by atoms with van der Waals surface area (Å²) in [5, 5.41) is 2.77. The molecule has 3 aromatic carbocycles. The average Bonchev–Trinajstić information content (AvgIpc) is 2.99. The molecule has 0 saturated heterocycles. The fourth-order valence-electron chi connectivity index (χ4n) is 4.13. The fraction of sp³-hybridized carbons (Fsp3) is 0.273. The zero-order chi connectivity index (χ0) is 15.9. The normalized spacial score (nSPS) is 15.7. The van der Waals surface area contributed by atoms with E-state index in [1.54, 1.807) is 11.1 Å². The van der Waals surface area contributed by atoms with E-state index in [0.29, 0.717) is 0 Å². The second-order valence-electron chi connectivity index (χ2n) is 6.77. The number of hydrogen-bond acceptors (Lipinski definition) is 0. The SMILES string of the molecule is CC[N+]1(CC)Cc2cc3ccccc3c(-c3ccccc3)c2C1. The smallest absolute Gasteiger partial charge is 0.106 e. The topological polar surface area (TPSA) is 0 Å². The molecule has 0 fully saturated rings. The van der Waals surface area contributed by atoms with Crippen LogP contribution in [0.5, 0.6) is 0 Å². The minimum atomic E-state index is 1.16. The maximum Gasteiger partial charge on any atom is 0.106 e. The molecule has 1 aliphatic heterocycles. The summed E-state index contributed by atoms with van der Waals surface area (Å²) in [4.78, 5) is 0. The minimum Gasteiger partial charge on any atom is -0.317 e. The Hall–Kier alpha value is -2.12. The predicted molar refractivity (Wildman–Crippen MR) is 98.1 cm³/mol. The standard InChI is InChI=1S/C22H24N/c1-3-23(4-2)15-19-14-18-12-8-9-13-20(18)22(21(19)16-23)17-10-6-5-7-11-17/h5-14H,3-4,15-16H2,1-2H3/q+1. The molecule has 23 heavy (non-hydrogen) atoms. The van der Waals surface area contributed by atoms with Crippen LogP contribution in [-0.4, -0.2) is 17.6 Å². The van der Waals surface area contributed by atoms with Gasteiger partial charge in [0.1, 0.15) is 13.1 Å². The average molecular weight is 302 g/mol. The van der Waals surface area contributed by atoms with Crippen molar-refractivity contribution in [3.63, 3.8) is 0 Å². The van der Waals surface area contributed by atoms with Crippen molar-refractivity contribution in [2.45, 2.75) is 26.9 Å². The lowest BCUT2D eigenvalue weighted by molar-refractivity contribution is -0.944. The summed E-state index contributed by atoms with van der Waals surface area (Å²) in [5.74, 6) is 0. The molecule has 4 rings (SSSR count). The highest BCUT2D eigenvalue weighted by molar-refractivity contribution is 5.99. The van der Waals surface area contributed by atoms with Gasteiger partial charge in [-0.05, 0) is 41.8 Å². The van der Waals surface area contributed by atoms with Crippen LogP contribution in [0.3, 0.4) is 0 Å². The number of hydrogen-bond donors (Lipinski definition) is 0. The highest BCUT2D eigenvalue weighted by Crippen LogP contribution is 2.41. The highest BCUT2D eigenvalue weighted by atomic mass is 15.4. The van der Waals surface area contributed by atoms with E-state index in [9.17, 15) is 0 Å². The van der Waals surface area contributed by atoms with E-state index in [0.717, 1.165) is 6.54 Å². The lowest BCUT2D eigenvalue weighted by Crippen LogP contribution is -2.42. The molecule has 0 radical (unpaired) electrons. The van der Waals surface area contributed by atoms with Crippen LogP contribution in [0.25, 0.3) is 21.9 Å². The summed E-state index contributed by atoms with van der Waals surface area (Å²) in [6.07, 6.45) is 0. The van der Waals surface area contributed by atoms with Crippen molar-refractivity contribution < 1.29 is 4.48 Å². The Balaban J connectivity index is 2.02. The predicted octanol–water partition coefficient (Wildman–Crippen LogP) is 5.38. The molecule has 116 valence electrons. The second-order valence-corrected chi connectivity index (χ2v) is 6.77. The Morgan fingerprint density at radius 2 is 1.52 bits per heavy atom. The summed E-state index contributed by atoms with van der Waals surface area (Å²) in [7, 11) is 0. The van der Waals surface area contributed by atoms with Gasteiger partial charge in [0.05, 0.1) is 13.1 Å². The summed E-state index contributed by atoms with van der Waals surface area (Å²) in [6.45, 7) is 9.41. The second kappa shape index (κ2) is 5.50. The molecule has 0 saturated carbocycles. The van der Waals surface area contributed by atoms with E-state index in [4.69, 9.17) is 0 Å². The van der Waals surface area contributed by atoms with Crippen LogP contribution in [-0.2, 0) is 13.1 Å². The van der Waals surface area contributed by atoms with Crippen molar-refractivity contribution in [3.8, 4) is 11.1 Å². The molecule has 0 atom stereocenters. The van der Waals surface area contributed by atoms with Crippen molar-refractivity contribution in [1.29, 1.82) is 0 Å². The summed E-state index contributed by atoms with van der Waals surface area (Å²) >= 11 is 0. The highest BCUT2D eigenvalue weighted by Gasteiger charge is 2.35. The van der Waals surface area contributed by atoms with Gasteiger partial charge < -0.3 is 4.48 Å². The first-order chi connectivity index (χ1) is 11.3. The molecule has 0 unspecified atom stereocenters. The lowest BCUT2D eigenvalue weighted by Gasteiger charge is -2.31. The van der Waals surface area contributed by atoms with Crippen LogP contribution >= 0.6 is 0 Å². The van der Waals surface area contributed by atoms with E-state index in [1.807, 2.05) is 0 Å². The molecule has 1 heterocycles. The van der Waals surface area contributed by atoms with Gasteiger partial charge in [-0.1, -0.05) is 54.6 Å². The molecular weight excluding hydrogens is 278 g/mol. The van der Waals surface area contributed by atoms with E-state index in [2.05, 4.69) is 74.5 Å². The van der Waals surface area contributed by atoms with Gasteiger partial charge >= 0.3 is 0 Å². The van der Waals surface area contributed by atoms with E-state index < -0.39 is 0 Å². The van der Waals surface area contributed by atoms with Crippen molar-refractivity contribution in [3.05, 3.63) is 71.8 Å². The first-order valence-corrected chi connectivity index (χ1v) is 8.70. The van der Waals surface area contributed by atoms with Gasteiger partial charge in [-0.25, -0.2) is 0 Å². The number of quaternary nitrogens is 1. The Bertz CT molecular complexity index is 844. The van der Waals surface area contributed by atoms with Gasteiger partial charge in [0.2, 0.25) is 0 Å². The molecule has 0 N–H and O–H groups in total. The fourth-order valence-corrected chi connectivity index (χ4v) is 4.13. The molecule has 3 aromatic rings. The third kappa shape index (κ3) is 2.27. The van der Waals surface area contributed by atoms with Gasteiger partial charge in [-0.15, -0.1) is 0 Å². The Kier molecular flexibility index (Phi) is 3.46. The zero-order valence-electron chi connectivity index (χ0n) is 14.0. The van der Waals surface area contributed by atoms with Gasteiger partial charge in [0.15, 0.2) is 0 Å². The molecule has 1 aliphatic rings. The lowest BCUT2D eigenvalue weighted by atomic mass is 9.91. The number of nitrogens with zero attached hydrogens (tertiary/aromatic N) is 1. The van der Waals surface area contributed by atoms with Gasteiger partial charge in [-0.3, -0.25) is 0 Å². The quantitative estimate of drug-likeness (QED) is 0.570. The molecule has 0 bridgehead atoms. The van der Waals surface area contributed by atoms with Crippen molar-refractivity contribution >= 4 is 10.8 Å². The van der Waals surface area contributed by atoms with E-state index in [-0.39, 0.29) is 0 Å². The first-order valence-electron chi connectivity index (χ1n) is 8.70. The van der Waals surface area contributed by atoms with Crippen LogP contribution in [0, 0.1) is 0 Å². The van der Waals surface area contributed by atoms with Crippen molar-refractivity contribution in [2.75, 3.05) is 13.1 Å². The van der Waals surface area contributed by atoms with Gasteiger partial charge in [0.25, 0.3) is 0 Å². The van der Waals surface area contributed by atoms with Crippen LogP contribution in [0.2, 0.25) is 0 Å². The molecular formula is C22H24N+. The van der Waals surface area contributed by atoms with Crippen molar-refractivity contribution in [2.24, 2.45) is 0 Å². The molecule has 0 spiro atoms. The van der Waals surface area contributed by atoms with Crippen LogP contribution in [0.4, 0.5) is 0 Å². The first kappa shape index (κ1) is 14.5. The summed E-state index contributed by atoms with van der Waals surface area (Å²) in [6, 6.07) is 22.2. The largest absolute Gasteiger partial charge is 0.317 e. The molecule has 0 aromatic heterocycles. The van der Waals surface area contributed by atoms with Gasteiger partial charge in [0, 0.05) is 11.1 Å². The number of fused-ring (bicyclic) bond motifs is 2. The third-order valence-electron chi connectivity index (χ3n) is 5.65. The van der Waals surface area contributed by atoms with Crippen molar-refractivity contribution in [1.82, 2.24) is 0 Å². The summed E-state index contributed by atoms with van der Waals surface area (Å²) < 4.78 is 1.19. The number of rotatable bonds is 3. The maximum absolute atomic E-state index is 2.43. The third-order valence-corrected chi connectivity index (χ3v) is 5.65. The molecule has 0 aliphatic carbocycles. The minimum absolute atomic E-state index is 1.16. The van der Waals surface area contributed by atoms with Crippen LogP contribution in [0.15, 0.2) is 60.7 Å². The molecule has 0 amide bonds. The maximum atomic E-state index is 2.43.